The van der Waals surface area contributed by atoms with E-state index in [2.05, 4.69) is 16.9 Å². The molecule has 2 N–H and O–H groups in total. The van der Waals surface area contributed by atoms with Crippen LogP contribution in [0.15, 0.2) is 18.7 Å². The van der Waals surface area contributed by atoms with E-state index < -0.39 is 23.8 Å². The van der Waals surface area contributed by atoms with E-state index in [1.165, 1.54) is 5.56 Å². The summed E-state index contributed by atoms with van der Waals surface area (Å²) in [5.41, 5.74) is 2.34. The molecule has 2 heterocycles. The molecule has 0 unspecified atom stereocenters. The van der Waals surface area contributed by atoms with Crippen LogP contribution in [0, 0.1) is 11.8 Å². The molecule has 27 heavy (non-hydrogen) atoms. The van der Waals surface area contributed by atoms with Gasteiger partial charge in [-0.1, -0.05) is 6.08 Å². The van der Waals surface area contributed by atoms with Crippen molar-refractivity contribution in [3.05, 3.63) is 35.7 Å². The molecule has 5 nitrogen and oxygen atoms in total. The lowest BCUT2D eigenvalue weighted by Crippen LogP contribution is -2.71. The van der Waals surface area contributed by atoms with Gasteiger partial charge >= 0.3 is 0 Å². The molecule has 7 heteroatoms. The Hall–Kier alpha value is -2.18. The van der Waals surface area contributed by atoms with Crippen LogP contribution in [0.4, 0.5) is 8.78 Å². The number of carbonyl (C=O) groups excluding carboxylic acids is 2. The number of carbonyl (C=O) groups is 2. The van der Waals surface area contributed by atoms with Crippen molar-refractivity contribution in [2.75, 3.05) is 13.1 Å². The third kappa shape index (κ3) is 3.39. The Labute approximate surface area is 157 Å². The number of alkyl halides is 2. The van der Waals surface area contributed by atoms with Crippen LogP contribution < -0.4 is 5.32 Å². The Morgan fingerprint density at radius 3 is 2.74 bits per heavy atom. The fourth-order valence-corrected chi connectivity index (χ4v) is 4.42. The number of likely N-dealkylation sites (tertiary alicyclic amines) is 1. The van der Waals surface area contributed by atoms with E-state index in [4.69, 9.17) is 0 Å². The maximum Gasteiger partial charge on any atom is 0.268 e. The third-order valence-electron chi connectivity index (χ3n) is 6.05. The molecule has 3 aliphatic rings. The predicted octanol–water partition coefficient (Wildman–Crippen LogP) is 2.68. The average Bonchev–Trinajstić information content (AvgIpc) is 3.30. The first-order chi connectivity index (χ1) is 12.9. The van der Waals surface area contributed by atoms with Crippen LogP contribution >= 0.6 is 0 Å². The van der Waals surface area contributed by atoms with E-state index in [1.54, 1.807) is 11.0 Å². The smallest absolute Gasteiger partial charge is 0.268 e. The van der Waals surface area contributed by atoms with Crippen LogP contribution in [-0.4, -0.2) is 46.8 Å². The second-order valence-corrected chi connectivity index (χ2v) is 8.16. The molecule has 1 saturated heterocycles. The molecule has 2 aliphatic carbocycles. The molecule has 2 atom stereocenters. The molecule has 0 bridgehead atoms. The SMILES string of the molecule is C=CCC1(NC(=O)c2cc3c([nH]2)CCCC3)CN(C(=O)[C@H]2C[C@H]2C(F)F)C1. The van der Waals surface area contributed by atoms with Gasteiger partial charge in [0.2, 0.25) is 12.3 Å². The normalized spacial score (nSPS) is 25.5. The number of hydrogen-bond donors (Lipinski definition) is 2. The van der Waals surface area contributed by atoms with Gasteiger partial charge in [-0.2, -0.15) is 0 Å². The molecule has 146 valence electrons. The fraction of sp³-hybridized carbons (Fsp3) is 0.600. The van der Waals surface area contributed by atoms with Crippen LogP contribution in [-0.2, 0) is 17.6 Å². The van der Waals surface area contributed by atoms with Crippen LogP contribution in [0.3, 0.4) is 0 Å². The van der Waals surface area contributed by atoms with Gasteiger partial charge in [-0.25, -0.2) is 8.78 Å². The zero-order valence-electron chi connectivity index (χ0n) is 15.3. The number of nitrogens with one attached hydrogen (secondary N) is 2. The summed E-state index contributed by atoms with van der Waals surface area (Å²) >= 11 is 0. The molecule has 4 rings (SSSR count). The maximum absolute atomic E-state index is 12.7. The molecule has 2 fully saturated rings. The van der Waals surface area contributed by atoms with Gasteiger partial charge in [0.15, 0.2) is 0 Å². The van der Waals surface area contributed by atoms with Crippen LogP contribution in [0.25, 0.3) is 0 Å². The van der Waals surface area contributed by atoms with E-state index in [0.717, 1.165) is 31.4 Å². The van der Waals surface area contributed by atoms with E-state index in [-0.39, 0.29) is 18.2 Å². The van der Waals surface area contributed by atoms with Crippen molar-refractivity contribution in [3.63, 3.8) is 0 Å². The third-order valence-corrected chi connectivity index (χ3v) is 6.05. The first-order valence-corrected chi connectivity index (χ1v) is 9.63. The van der Waals surface area contributed by atoms with E-state index in [0.29, 0.717) is 25.2 Å². The van der Waals surface area contributed by atoms with Crippen molar-refractivity contribution in [3.8, 4) is 0 Å². The molecule has 1 aromatic rings. The highest BCUT2D eigenvalue weighted by Crippen LogP contribution is 2.45. The number of halogens is 2. The van der Waals surface area contributed by atoms with Crippen molar-refractivity contribution in [2.24, 2.45) is 11.8 Å². The highest BCUT2D eigenvalue weighted by Gasteiger charge is 2.54. The second-order valence-electron chi connectivity index (χ2n) is 8.16. The monoisotopic (exact) mass is 377 g/mol. The van der Waals surface area contributed by atoms with Gasteiger partial charge < -0.3 is 15.2 Å². The number of amides is 2. The van der Waals surface area contributed by atoms with Crippen LogP contribution in [0.5, 0.6) is 0 Å². The zero-order valence-corrected chi connectivity index (χ0v) is 15.3. The summed E-state index contributed by atoms with van der Waals surface area (Å²) in [6, 6.07) is 1.92. The number of aromatic nitrogens is 1. The summed E-state index contributed by atoms with van der Waals surface area (Å²) in [4.78, 5) is 29.9. The highest BCUT2D eigenvalue weighted by molar-refractivity contribution is 5.94. The lowest BCUT2D eigenvalue weighted by atomic mass is 9.85. The summed E-state index contributed by atoms with van der Waals surface area (Å²) in [5, 5.41) is 3.05. The fourth-order valence-electron chi connectivity index (χ4n) is 4.42. The average molecular weight is 377 g/mol. The van der Waals surface area contributed by atoms with Gasteiger partial charge in [0.05, 0.1) is 5.54 Å². The summed E-state index contributed by atoms with van der Waals surface area (Å²) < 4.78 is 25.4. The topological polar surface area (TPSA) is 65.2 Å². The van der Waals surface area contributed by atoms with Crippen molar-refractivity contribution in [1.82, 2.24) is 15.2 Å². The van der Waals surface area contributed by atoms with Gasteiger partial charge in [-0.05, 0) is 50.2 Å². The predicted molar refractivity (Wildman–Crippen MR) is 96.6 cm³/mol. The summed E-state index contributed by atoms with van der Waals surface area (Å²) in [5.74, 6) is -1.76. The molecule has 0 spiro atoms. The Kier molecular flexibility index (Phi) is 4.56. The number of aryl methyl sites for hydroxylation is 2. The Bertz CT molecular complexity index is 744. The van der Waals surface area contributed by atoms with E-state index in [9.17, 15) is 18.4 Å². The molecular weight excluding hydrogens is 352 g/mol. The lowest BCUT2D eigenvalue weighted by molar-refractivity contribution is -0.141. The highest BCUT2D eigenvalue weighted by atomic mass is 19.3. The standard InChI is InChI=1S/C20H25F2N3O2/c1-2-7-20(10-25(11-20)19(27)14-9-13(14)17(21)22)24-18(26)16-8-12-5-3-4-6-15(12)23-16/h2,8,13-14,17,23H,1,3-7,9-11H2,(H,24,26)/t13-,14+/m1/s1. The minimum Gasteiger partial charge on any atom is -0.354 e. The molecule has 1 aromatic heterocycles. The van der Waals surface area contributed by atoms with Crippen molar-refractivity contribution >= 4 is 11.8 Å². The Morgan fingerprint density at radius 1 is 1.37 bits per heavy atom. The first-order valence-electron chi connectivity index (χ1n) is 9.63. The quantitative estimate of drug-likeness (QED) is 0.749. The van der Waals surface area contributed by atoms with Gasteiger partial charge in [-0.15, -0.1) is 6.58 Å². The molecule has 2 amide bonds. The Balaban J connectivity index is 1.39. The maximum atomic E-state index is 12.7. The van der Waals surface area contributed by atoms with Crippen molar-refractivity contribution < 1.29 is 18.4 Å². The first kappa shape index (κ1) is 18.2. The van der Waals surface area contributed by atoms with Crippen molar-refractivity contribution in [2.45, 2.75) is 50.5 Å². The van der Waals surface area contributed by atoms with Gasteiger partial charge in [0.25, 0.3) is 5.91 Å². The number of fused-ring (bicyclic) bond motifs is 1. The van der Waals surface area contributed by atoms with Gasteiger partial charge in [-0.3, -0.25) is 9.59 Å². The van der Waals surface area contributed by atoms with Crippen molar-refractivity contribution in [1.29, 1.82) is 0 Å². The van der Waals surface area contributed by atoms with Gasteiger partial charge in [0.1, 0.15) is 5.69 Å². The summed E-state index contributed by atoms with van der Waals surface area (Å²) in [6.07, 6.45) is 4.32. The molecule has 0 aromatic carbocycles. The number of nitrogens with zero attached hydrogens (tertiary/aromatic N) is 1. The lowest BCUT2D eigenvalue weighted by Gasteiger charge is -2.50. The van der Waals surface area contributed by atoms with E-state index in [1.807, 2.05) is 6.07 Å². The van der Waals surface area contributed by atoms with Crippen LogP contribution in [0.1, 0.15) is 47.4 Å². The number of hydrogen-bond acceptors (Lipinski definition) is 2. The number of H-pyrrole nitrogens is 1. The van der Waals surface area contributed by atoms with Crippen LogP contribution in [0.2, 0.25) is 0 Å². The molecular formula is C20H25F2N3O2. The molecule has 0 radical (unpaired) electrons. The minimum atomic E-state index is -2.43. The van der Waals surface area contributed by atoms with Gasteiger partial charge in [0, 0.05) is 30.6 Å². The Morgan fingerprint density at radius 2 is 2.11 bits per heavy atom. The molecule has 1 saturated carbocycles. The largest absolute Gasteiger partial charge is 0.354 e. The second kappa shape index (κ2) is 6.77. The minimum absolute atomic E-state index is 0.185. The zero-order chi connectivity index (χ0) is 19.2. The van der Waals surface area contributed by atoms with E-state index >= 15 is 0 Å². The number of aromatic amines is 1. The summed E-state index contributed by atoms with van der Waals surface area (Å²) in [7, 11) is 0. The summed E-state index contributed by atoms with van der Waals surface area (Å²) in [6.45, 7) is 4.44. The molecule has 1 aliphatic heterocycles. The number of rotatable bonds is 6.